The molecule has 2 unspecified atom stereocenters. The van der Waals surface area contributed by atoms with E-state index in [9.17, 15) is 4.79 Å². The monoisotopic (exact) mass is 570 g/mol. The fourth-order valence-corrected chi connectivity index (χ4v) is 4.77. The average molecular weight is 571 g/mol. The molecule has 0 saturated carbocycles. The summed E-state index contributed by atoms with van der Waals surface area (Å²) in [5, 5.41) is 7.30. The Morgan fingerprint density at radius 1 is 1.00 bits per heavy atom. The van der Waals surface area contributed by atoms with Crippen molar-refractivity contribution in [2.75, 3.05) is 52.9 Å². The fraction of sp³-hybridized carbons (Fsp3) is 0.680. The number of piperazine rings is 1. The molecule has 2 saturated heterocycles. The molecule has 0 aliphatic carbocycles. The van der Waals surface area contributed by atoms with Crippen LogP contribution in [0.15, 0.2) is 35.3 Å². The average Bonchev–Trinajstić information content (AvgIpc) is 3.34. The molecule has 0 aromatic heterocycles. The van der Waals surface area contributed by atoms with Crippen LogP contribution in [0.25, 0.3) is 0 Å². The first-order chi connectivity index (χ1) is 15.3. The van der Waals surface area contributed by atoms with Crippen LogP contribution < -0.4 is 10.6 Å². The number of hydrogen-bond donors (Lipinski definition) is 2. The number of nitrogens with one attached hydrogen (secondary N) is 2. The normalized spacial score (nSPS) is 19.7. The zero-order chi connectivity index (χ0) is 23.1. The third-order valence-corrected chi connectivity index (χ3v) is 6.74. The van der Waals surface area contributed by atoms with Gasteiger partial charge in [-0.2, -0.15) is 0 Å². The first kappa shape index (κ1) is 27.9. The van der Waals surface area contributed by atoms with Crippen LogP contribution in [-0.2, 0) is 4.79 Å². The Hall–Kier alpha value is -1.39. The summed E-state index contributed by atoms with van der Waals surface area (Å²) in [6, 6.07) is 10.8. The van der Waals surface area contributed by atoms with Crippen LogP contribution in [-0.4, -0.2) is 91.0 Å². The summed E-state index contributed by atoms with van der Waals surface area (Å²) in [5.74, 6) is 1.23. The van der Waals surface area contributed by atoms with Crippen molar-refractivity contribution in [3.63, 3.8) is 0 Å². The summed E-state index contributed by atoms with van der Waals surface area (Å²) in [6.07, 6.45) is 2.28. The highest BCUT2D eigenvalue weighted by molar-refractivity contribution is 14.0. The van der Waals surface area contributed by atoms with Crippen LogP contribution in [0.2, 0.25) is 0 Å². The second-order valence-electron chi connectivity index (χ2n) is 9.79. The number of likely N-dealkylation sites (tertiary alicyclic amines) is 1. The SMILES string of the molecule is CN=C(NCC(C)(C)NC(C)c1ccccc1)N1CCN(C(C)C(=O)N2CCCC2)CC1.I. The molecule has 2 fully saturated rings. The van der Waals surface area contributed by atoms with E-state index in [-0.39, 0.29) is 41.6 Å². The predicted octanol–water partition coefficient (Wildman–Crippen LogP) is 2.94. The van der Waals surface area contributed by atoms with Gasteiger partial charge < -0.3 is 20.4 Å². The molecule has 8 heteroatoms. The minimum Gasteiger partial charge on any atom is -0.354 e. The Kier molecular flexibility index (Phi) is 10.9. The van der Waals surface area contributed by atoms with E-state index in [2.05, 4.69) is 83.5 Å². The Labute approximate surface area is 217 Å². The molecular formula is C25H43IN6O. The van der Waals surface area contributed by atoms with E-state index in [4.69, 9.17) is 0 Å². The number of carbonyl (C=O) groups excluding carboxylic acids is 1. The molecule has 7 nitrogen and oxygen atoms in total. The van der Waals surface area contributed by atoms with Gasteiger partial charge in [-0.1, -0.05) is 30.3 Å². The van der Waals surface area contributed by atoms with Crippen molar-refractivity contribution >= 4 is 35.8 Å². The highest BCUT2D eigenvalue weighted by Crippen LogP contribution is 2.17. The van der Waals surface area contributed by atoms with E-state index < -0.39 is 0 Å². The van der Waals surface area contributed by atoms with Gasteiger partial charge in [0.15, 0.2) is 5.96 Å². The Morgan fingerprint density at radius 2 is 1.61 bits per heavy atom. The summed E-state index contributed by atoms with van der Waals surface area (Å²) in [5.41, 5.74) is 1.20. The molecule has 33 heavy (non-hydrogen) atoms. The van der Waals surface area contributed by atoms with Crippen LogP contribution in [0, 0.1) is 0 Å². The predicted molar refractivity (Wildman–Crippen MR) is 147 cm³/mol. The van der Waals surface area contributed by atoms with Gasteiger partial charge in [-0.25, -0.2) is 0 Å². The van der Waals surface area contributed by atoms with Gasteiger partial charge in [0.05, 0.1) is 6.04 Å². The van der Waals surface area contributed by atoms with Gasteiger partial charge in [0.1, 0.15) is 0 Å². The van der Waals surface area contributed by atoms with Crippen molar-refractivity contribution < 1.29 is 4.79 Å². The number of carbonyl (C=O) groups is 1. The summed E-state index contributed by atoms with van der Waals surface area (Å²) >= 11 is 0. The maximum atomic E-state index is 12.7. The van der Waals surface area contributed by atoms with Crippen LogP contribution in [0.5, 0.6) is 0 Å². The van der Waals surface area contributed by atoms with Crippen molar-refractivity contribution in [1.82, 2.24) is 25.3 Å². The molecular weight excluding hydrogens is 527 g/mol. The molecule has 0 radical (unpaired) electrons. The highest BCUT2D eigenvalue weighted by atomic mass is 127. The molecule has 2 N–H and O–H groups in total. The first-order valence-corrected chi connectivity index (χ1v) is 12.1. The third-order valence-electron chi connectivity index (χ3n) is 6.74. The molecule has 1 aromatic carbocycles. The van der Waals surface area contributed by atoms with Crippen LogP contribution in [0.3, 0.4) is 0 Å². The van der Waals surface area contributed by atoms with Crippen molar-refractivity contribution in [1.29, 1.82) is 0 Å². The summed E-state index contributed by atoms with van der Waals surface area (Å²) in [4.78, 5) is 23.9. The van der Waals surface area contributed by atoms with Crippen LogP contribution in [0.1, 0.15) is 52.1 Å². The lowest BCUT2D eigenvalue weighted by molar-refractivity contribution is -0.135. The molecule has 2 aliphatic heterocycles. The maximum Gasteiger partial charge on any atom is 0.239 e. The molecule has 1 aromatic rings. The molecule has 0 bridgehead atoms. The fourth-order valence-electron chi connectivity index (χ4n) is 4.77. The van der Waals surface area contributed by atoms with Gasteiger partial charge in [-0.3, -0.25) is 14.7 Å². The number of amides is 1. The molecule has 1 amide bonds. The second kappa shape index (κ2) is 12.9. The van der Waals surface area contributed by atoms with E-state index in [1.165, 1.54) is 5.56 Å². The molecule has 2 atom stereocenters. The lowest BCUT2D eigenvalue weighted by Crippen LogP contribution is -2.58. The number of nitrogens with zero attached hydrogens (tertiary/aromatic N) is 4. The number of benzene rings is 1. The van der Waals surface area contributed by atoms with Gasteiger partial charge in [-0.05, 0) is 46.1 Å². The summed E-state index contributed by atoms with van der Waals surface area (Å²) < 4.78 is 0. The quantitative estimate of drug-likeness (QED) is 0.300. The molecule has 0 spiro atoms. The second-order valence-corrected chi connectivity index (χ2v) is 9.79. The smallest absolute Gasteiger partial charge is 0.239 e. The molecule has 2 aliphatic rings. The standard InChI is InChI=1S/C25H42N6O.HI/c1-20(22-11-7-6-8-12-22)28-25(3,4)19-27-24(26-5)31-17-15-29(16-18-31)21(2)23(32)30-13-9-10-14-30;/h6-8,11-12,20-21,28H,9-10,13-19H2,1-5H3,(H,26,27);1H. The van der Waals surface area contributed by atoms with E-state index in [1.54, 1.807) is 0 Å². The van der Waals surface area contributed by atoms with E-state index in [0.29, 0.717) is 5.91 Å². The number of hydrogen-bond acceptors (Lipinski definition) is 4. The zero-order valence-corrected chi connectivity index (χ0v) is 23.3. The number of guanidine groups is 1. The van der Waals surface area contributed by atoms with Crippen molar-refractivity contribution in [2.45, 2.75) is 58.2 Å². The van der Waals surface area contributed by atoms with Crippen molar-refractivity contribution in [3.05, 3.63) is 35.9 Å². The van der Waals surface area contributed by atoms with Gasteiger partial charge in [0.25, 0.3) is 0 Å². The van der Waals surface area contributed by atoms with Gasteiger partial charge >= 0.3 is 0 Å². The zero-order valence-electron chi connectivity index (χ0n) is 21.0. The largest absolute Gasteiger partial charge is 0.354 e. The Balaban J connectivity index is 0.00000385. The maximum absolute atomic E-state index is 12.7. The highest BCUT2D eigenvalue weighted by Gasteiger charge is 2.31. The van der Waals surface area contributed by atoms with Crippen LogP contribution >= 0.6 is 24.0 Å². The Morgan fingerprint density at radius 3 is 2.18 bits per heavy atom. The Bertz CT molecular complexity index is 757. The van der Waals surface area contributed by atoms with Gasteiger partial charge in [0.2, 0.25) is 5.91 Å². The number of aliphatic imine (C=N–C) groups is 1. The summed E-state index contributed by atoms with van der Waals surface area (Å²) in [6.45, 7) is 14.9. The lowest BCUT2D eigenvalue weighted by Gasteiger charge is -2.40. The molecule has 2 heterocycles. The topological polar surface area (TPSA) is 63.2 Å². The van der Waals surface area contributed by atoms with E-state index >= 15 is 0 Å². The minimum atomic E-state index is -0.0936. The van der Waals surface area contributed by atoms with Crippen molar-refractivity contribution in [2.24, 2.45) is 4.99 Å². The molecule has 3 rings (SSSR count). The van der Waals surface area contributed by atoms with Crippen molar-refractivity contribution in [3.8, 4) is 0 Å². The van der Waals surface area contributed by atoms with Gasteiger partial charge in [0, 0.05) is 64.4 Å². The minimum absolute atomic E-state index is 0. The third kappa shape index (κ3) is 7.82. The van der Waals surface area contributed by atoms with E-state index in [0.717, 1.165) is 64.6 Å². The molecule has 186 valence electrons. The number of rotatable bonds is 7. The van der Waals surface area contributed by atoms with Crippen LogP contribution in [0.4, 0.5) is 0 Å². The summed E-state index contributed by atoms with van der Waals surface area (Å²) in [7, 11) is 1.85. The van der Waals surface area contributed by atoms with Gasteiger partial charge in [-0.15, -0.1) is 24.0 Å². The van der Waals surface area contributed by atoms with E-state index in [1.807, 2.05) is 11.9 Å². The number of halogens is 1. The lowest BCUT2D eigenvalue weighted by atomic mass is 10.0. The first-order valence-electron chi connectivity index (χ1n) is 12.1.